The van der Waals surface area contributed by atoms with E-state index in [1.807, 2.05) is 0 Å². The fraction of sp³-hybridized carbons (Fsp3) is 0.818. The number of hydrogen-bond acceptors (Lipinski definition) is 5. The Balaban J connectivity index is 6.23. The first-order valence-electron chi connectivity index (χ1n) is 5.77. The van der Waals surface area contributed by atoms with Gasteiger partial charge in [0.2, 0.25) is 4.75 Å². The molecule has 112 valence electrons. The Morgan fingerprint density at radius 1 is 1.26 bits per heavy atom. The molecule has 0 saturated carbocycles. The molecular formula is C11H20O7S. The van der Waals surface area contributed by atoms with E-state index in [-0.39, 0.29) is 12.8 Å². The topological polar surface area (TPSA) is 118 Å². The third-order valence-electron chi connectivity index (χ3n) is 3.38. The molecule has 0 fully saturated rings. The van der Waals surface area contributed by atoms with Gasteiger partial charge in [-0.1, -0.05) is 19.8 Å². The summed E-state index contributed by atoms with van der Waals surface area (Å²) in [6.45, 7) is 3.91. The third kappa shape index (κ3) is 2.89. The molecule has 8 heteroatoms. The van der Waals surface area contributed by atoms with E-state index in [9.17, 15) is 27.7 Å². The van der Waals surface area contributed by atoms with Gasteiger partial charge in [-0.15, -0.1) is 0 Å². The predicted octanol–water partition coefficient (Wildman–Crippen LogP) is 1.09. The average molecular weight is 296 g/mol. The molecule has 0 aromatic heterocycles. The first-order valence-corrected chi connectivity index (χ1v) is 7.21. The minimum atomic E-state index is -4.97. The summed E-state index contributed by atoms with van der Waals surface area (Å²) in [6.07, 6.45) is 0.462. The Kier molecular flexibility index (Phi) is 5.52. The predicted molar refractivity (Wildman–Crippen MR) is 67.2 cm³/mol. The normalized spacial score (nSPS) is 15.6. The molecule has 0 aliphatic rings. The average Bonchev–Trinajstić information content (AvgIpc) is 2.27. The van der Waals surface area contributed by atoms with Crippen molar-refractivity contribution in [2.75, 3.05) is 7.11 Å². The van der Waals surface area contributed by atoms with Crippen LogP contribution in [0.5, 0.6) is 0 Å². The number of ether oxygens (including phenoxy) is 1. The first-order chi connectivity index (χ1) is 8.49. The molecule has 0 aromatic carbocycles. The zero-order chi connectivity index (χ0) is 15.5. The number of esters is 1. The zero-order valence-corrected chi connectivity index (χ0v) is 12.3. The van der Waals surface area contributed by atoms with Crippen LogP contribution < -0.4 is 0 Å². The number of carboxylic acids is 1. The van der Waals surface area contributed by atoms with Crippen LogP contribution in [0.25, 0.3) is 0 Å². The molecule has 0 aliphatic carbocycles. The van der Waals surface area contributed by atoms with Gasteiger partial charge in [0, 0.05) is 0 Å². The number of unbranched alkanes of at least 4 members (excludes halogenated alkanes) is 1. The van der Waals surface area contributed by atoms with Crippen LogP contribution in [0.1, 0.15) is 40.0 Å². The van der Waals surface area contributed by atoms with Gasteiger partial charge in [-0.2, -0.15) is 8.42 Å². The van der Waals surface area contributed by atoms with Crippen LogP contribution in [-0.2, 0) is 24.4 Å². The summed E-state index contributed by atoms with van der Waals surface area (Å²) >= 11 is 0. The van der Waals surface area contributed by atoms with Crippen LogP contribution in [0.15, 0.2) is 0 Å². The summed E-state index contributed by atoms with van der Waals surface area (Å²) in [6, 6.07) is 0. The highest BCUT2D eigenvalue weighted by Crippen LogP contribution is 2.42. The van der Waals surface area contributed by atoms with Gasteiger partial charge >= 0.3 is 11.9 Å². The molecule has 0 aliphatic heterocycles. The van der Waals surface area contributed by atoms with Gasteiger partial charge in [-0.25, -0.2) is 0 Å². The fourth-order valence-electron chi connectivity index (χ4n) is 1.99. The van der Waals surface area contributed by atoms with Gasteiger partial charge in [0.15, 0.2) is 0 Å². The Morgan fingerprint density at radius 2 is 1.74 bits per heavy atom. The molecule has 0 bridgehead atoms. The Bertz CT molecular complexity index is 452. The van der Waals surface area contributed by atoms with Crippen LogP contribution in [0.2, 0.25) is 0 Å². The second-order valence-electron chi connectivity index (χ2n) is 4.83. The number of rotatable bonds is 7. The van der Waals surface area contributed by atoms with Crippen molar-refractivity contribution in [3.63, 3.8) is 0 Å². The van der Waals surface area contributed by atoms with Gasteiger partial charge in [0.1, 0.15) is 0 Å². The van der Waals surface area contributed by atoms with E-state index in [4.69, 9.17) is 0 Å². The van der Waals surface area contributed by atoms with Gasteiger partial charge in [0.05, 0.1) is 12.5 Å². The van der Waals surface area contributed by atoms with Gasteiger partial charge in [0.25, 0.3) is 10.1 Å². The van der Waals surface area contributed by atoms with Crippen molar-refractivity contribution < 1.29 is 32.4 Å². The van der Waals surface area contributed by atoms with E-state index in [1.54, 1.807) is 6.92 Å². The molecule has 1 unspecified atom stereocenters. The Hall–Kier alpha value is -1.15. The molecule has 0 spiro atoms. The standard InChI is InChI=1S/C11H20O7S/c1-5-6-7-11(9(14)18-4,19(15,16)17)10(2,3)8(12)13/h5-7H2,1-4H3,(H,12,13)(H,15,16,17). The van der Waals surface area contributed by atoms with Crippen molar-refractivity contribution >= 4 is 22.1 Å². The molecule has 19 heavy (non-hydrogen) atoms. The molecule has 0 rings (SSSR count). The van der Waals surface area contributed by atoms with E-state index in [2.05, 4.69) is 4.74 Å². The summed E-state index contributed by atoms with van der Waals surface area (Å²) in [5, 5.41) is 9.20. The number of methoxy groups -OCH3 is 1. The molecule has 7 nitrogen and oxygen atoms in total. The van der Waals surface area contributed by atoms with Gasteiger partial charge in [-0.05, 0) is 20.3 Å². The van der Waals surface area contributed by atoms with Crippen molar-refractivity contribution in [2.45, 2.75) is 44.8 Å². The number of aliphatic carboxylic acids is 1. The molecule has 0 aromatic rings. The lowest BCUT2D eigenvalue weighted by Crippen LogP contribution is -2.60. The number of carboxylic acid groups (broad SMARTS) is 1. The Labute approximate surface area is 112 Å². The molecule has 0 heterocycles. The largest absolute Gasteiger partial charge is 0.481 e. The molecule has 0 saturated heterocycles. The number of carbonyl (C=O) groups excluding carboxylic acids is 1. The molecule has 0 amide bonds. The van der Waals surface area contributed by atoms with Gasteiger partial charge < -0.3 is 9.84 Å². The van der Waals surface area contributed by atoms with E-state index in [0.29, 0.717) is 6.42 Å². The highest BCUT2D eigenvalue weighted by atomic mass is 32.2. The monoisotopic (exact) mass is 296 g/mol. The minimum absolute atomic E-state index is 0.256. The number of carbonyl (C=O) groups is 2. The summed E-state index contributed by atoms with van der Waals surface area (Å²) in [7, 11) is -4.02. The van der Waals surface area contributed by atoms with Crippen LogP contribution in [-0.4, -0.2) is 41.9 Å². The van der Waals surface area contributed by atoms with Crippen molar-refractivity contribution in [2.24, 2.45) is 5.41 Å². The summed E-state index contributed by atoms with van der Waals surface area (Å²) < 4.78 is 34.8. The third-order valence-corrected chi connectivity index (χ3v) is 5.14. The second-order valence-corrected chi connectivity index (χ2v) is 6.47. The second kappa shape index (κ2) is 5.87. The van der Waals surface area contributed by atoms with Crippen LogP contribution in [0, 0.1) is 5.41 Å². The van der Waals surface area contributed by atoms with Gasteiger partial charge in [-0.3, -0.25) is 14.1 Å². The minimum Gasteiger partial charge on any atom is -0.481 e. The van der Waals surface area contributed by atoms with Crippen molar-refractivity contribution in [1.29, 1.82) is 0 Å². The van der Waals surface area contributed by atoms with E-state index < -0.39 is 32.2 Å². The fourth-order valence-corrected chi connectivity index (χ4v) is 3.42. The molecular weight excluding hydrogens is 276 g/mol. The van der Waals surface area contributed by atoms with Crippen molar-refractivity contribution in [3.05, 3.63) is 0 Å². The van der Waals surface area contributed by atoms with Crippen molar-refractivity contribution in [1.82, 2.24) is 0 Å². The first kappa shape index (κ1) is 17.8. The van der Waals surface area contributed by atoms with E-state index in [0.717, 1.165) is 21.0 Å². The molecule has 2 N–H and O–H groups in total. The quantitative estimate of drug-likeness (QED) is 0.533. The molecule has 0 radical (unpaired) electrons. The SMILES string of the molecule is CCCCC(C(=O)OC)(C(C)(C)C(=O)O)S(=O)(=O)O. The maximum absolute atomic E-state index is 11.9. The maximum atomic E-state index is 11.9. The van der Waals surface area contributed by atoms with Crippen molar-refractivity contribution in [3.8, 4) is 0 Å². The highest BCUT2D eigenvalue weighted by molar-refractivity contribution is 7.88. The Morgan fingerprint density at radius 3 is 2.00 bits per heavy atom. The van der Waals surface area contributed by atoms with Crippen LogP contribution in [0.3, 0.4) is 0 Å². The zero-order valence-electron chi connectivity index (χ0n) is 11.5. The lowest BCUT2D eigenvalue weighted by Gasteiger charge is -2.38. The summed E-state index contributed by atoms with van der Waals surface area (Å²) in [4.78, 5) is 23.2. The number of hydrogen-bond donors (Lipinski definition) is 2. The smallest absolute Gasteiger partial charge is 0.330 e. The van der Waals surface area contributed by atoms with Crippen LogP contribution in [0.4, 0.5) is 0 Å². The summed E-state index contributed by atoms with van der Waals surface area (Å²) in [5.74, 6) is -2.78. The maximum Gasteiger partial charge on any atom is 0.330 e. The van der Waals surface area contributed by atoms with E-state index >= 15 is 0 Å². The lowest BCUT2D eigenvalue weighted by atomic mass is 9.75. The molecule has 1 atom stereocenters. The summed E-state index contributed by atoms with van der Waals surface area (Å²) in [5.41, 5.74) is -2.02. The highest BCUT2D eigenvalue weighted by Gasteiger charge is 2.64. The van der Waals surface area contributed by atoms with Crippen LogP contribution >= 0.6 is 0 Å². The van der Waals surface area contributed by atoms with E-state index in [1.165, 1.54) is 0 Å². The lowest BCUT2D eigenvalue weighted by molar-refractivity contribution is -0.160.